The molecule has 0 aromatic heterocycles. The predicted molar refractivity (Wildman–Crippen MR) is 143 cm³/mol. The smallest absolute Gasteiger partial charge is 0.0777 e. The highest BCUT2D eigenvalue weighted by Crippen LogP contribution is 2.38. The summed E-state index contributed by atoms with van der Waals surface area (Å²) in [5.74, 6) is 6.48. The number of aryl methyl sites for hydroxylation is 1. The van der Waals surface area contributed by atoms with E-state index in [9.17, 15) is 0 Å². The molecule has 0 radical (unpaired) electrons. The maximum atomic E-state index is 6.48. The van der Waals surface area contributed by atoms with Gasteiger partial charge in [0, 0.05) is 42.6 Å². The van der Waals surface area contributed by atoms with Crippen LogP contribution < -0.4 is 16.9 Å². The fourth-order valence-corrected chi connectivity index (χ4v) is 6.03. The Kier molecular flexibility index (Phi) is 6.66. The summed E-state index contributed by atoms with van der Waals surface area (Å²) in [6.45, 7) is 7.07. The summed E-state index contributed by atoms with van der Waals surface area (Å²) in [4.78, 5) is 2.69. The molecule has 2 aliphatic heterocycles. The van der Waals surface area contributed by atoms with Crippen molar-refractivity contribution in [3.05, 3.63) is 76.5 Å². The number of fused-ring (bicyclic) bond motifs is 1. The number of allylic oxidation sites excluding steroid dienone is 1. The monoisotopic (exact) mass is 457 g/mol. The zero-order chi connectivity index (χ0) is 23.7. The summed E-state index contributed by atoms with van der Waals surface area (Å²) < 4.78 is 0. The van der Waals surface area contributed by atoms with Gasteiger partial charge in [-0.3, -0.25) is 4.90 Å². The van der Waals surface area contributed by atoms with Crippen LogP contribution in [0.15, 0.2) is 54.2 Å². The van der Waals surface area contributed by atoms with E-state index in [1.165, 1.54) is 54.5 Å². The van der Waals surface area contributed by atoms with Crippen LogP contribution in [0.3, 0.4) is 0 Å². The summed E-state index contributed by atoms with van der Waals surface area (Å²) in [5.41, 5.74) is 15.7. The molecule has 1 unspecified atom stereocenters. The molecule has 2 aromatic rings. The standard InChI is InChI=1S/C29H39N5/c1-20-6-5-7-24(18-20)32-28-14-17-34(31)29(21(2)30)26-11-10-23(19-27(26)28)22-12-15-33(16-13-22)25-8-3-4-9-25/h5-7,10-12,18-19,25,28,32H,3-4,8-9,13-17,30-31H2,1-2H3/b29-21-. The average Bonchev–Trinajstić information content (AvgIpc) is 3.33. The van der Waals surface area contributed by atoms with E-state index in [-0.39, 0.29) is 6.04 Å². The van der Waals surface area contributed by atoms with Crippen LogP contribution in [0.4, 0.5) is 5.69 Å². The third-order valence-corrected chi connectivity index (χ3v) is 7.81. The number of benzene rings is 2. The normalized spacial score (nSPS) is 23.3. The Labute approximate surface area is 204 Å². The lowest BCUT2D eigenvalue weighted by atomic mass is 9.90. The van der Waals surface area contributed by atoms with Crippen molar-refractivity contribution in [1.29, 1.82) is 0 Å². The topological polar surface area (TPSA) is 70.5 Å². The van der Waals surface area contributed by atoms with Crippen LogP contribution in [0.2, 0.25) is 0 Å². The van der Waals surface area contributed by atoms with E-state index in [0.29, 0.717) is 0 Å². The van der Waals surface area contributed by atoms with Gasteiger partial charge < -0.3 is 16.1 Å². The first-order valence-corrected chi connectivity index (χ1v) is 12.9. The number of nitrogens with zero attached hydrogens (tertiary/aromatic N) is 2. The van der Waals surface area contributed by atoms with E-state index in [1.807, 2.05) is 11.9 Å². The van der Waals surface area contributed by atoms with Gasteiger partial charge in [-0.1, -0.05) is 43.2 Å². The van der Waals surface area contributed by atoms with E-state index in [1.54, 1.807) is 0 Å². The molecule has 5 N–H and O–H groups in total. The highest BCUT2D eigenvalue weighted by Gasteiger charge is 2.28. The number of rotatable bonds is 4. The second-order valence-corrected chi connectivity index (χ2v) is 10.3. The lowest BCUT2D eigenvalue weighted by Gasteiger charge is -2.32. The molecule has 1 atom stereocenters. The van der Waals surface area contributed by atoms with Gasteiger partial charge in [0.25, 0.3) is 0 Å². The maximum absolute atomic E-state index is 6.48. The van der Waals surface area contributed by atoms with E-state index in [4.69, 9.17) is 11.6 Å². The molecule has 0 saturated heterocycles. The molecule has 180 valence electrons. The van der Waals surface area contributed by atoms with Crippen LogP contribution in [-0.4, -0.2) is 35.6 Å². The average molecular weight is 458 g/mol. The highest BCUT2D eigenvalue weighted by molar-refractivity contribution is 5.75. The van der Waals surface area contributed by atoms with Gasteiger partial charge in [-0.05, 0) is 80.0 Å². The van der Waals surface area contributed by atoms with Crippen LogP contribution >= 0.6 is 0 Å². The Bertz CT molecular complexity index is 1090. The molecule has 2 heterocycles. The molecular formula is C29H39N5. The van der Waals surface area contributed by atoms with Crippen molar-refractivity contribution in [3.8, 4) is 0 Å². The summed E-state index contributed by atoms with van der Waals surface area (Å²) in [6, 6.07) is 16.4. The summed E-state index contributed by atoms with van der Waals surface area (Å²) in [5, 5.41) is 5.62. The third-order valence-electron chi connectivity index (χ3n) is 7.81. The van der Waals surface area contributed by atoms with Crippen molar-refractivity contribution in [2.75, 3.05) is 25.0 Å². The van der Waals surface area contributed by atoms with Crippen LogP contribution in [0, 0.1) is 6.92 Å². The Morgan fingerprint density at radius 1 is 1.03 bits per heavy atom. The lowest BCUT2D eigenvalue weighted by molar-refractivity contribution is 0.219. The molecular weight excluding hydrogens is 418 g/mol. The van der Waals surface area contributed by atoms with Crippen molar-refractivity contribution in [3.63, 3.8) is 0 Å². The van der Waals surface area contributed by atoms with E-state index in [2.05, 4.69) is 65.7 Å². The van der Waals surface area contributed by atoms with E-state index in [0.717, 1.165) is 54.6 Å². The molecule has 5 rings (SSSR count). The third kappa shape index (κ3) is 4.73. The number of hydrogen-bond acceptors (Lipinski definition) is 5. The zero-order valence-corrected chi connectivity index (χ0v) is 20.7. The second-order valence-electron chi connectivity index (χ2n) is 10.3. The minimum absolute atomic E-state index is 0.166. The van der Waals surface area contributed by atoms with Crippen molar-refractivity contribution in [2.45, 2.75) is 64.5 Å². The minimum atomic E-state index is 0.166. The number of nitrogens with one attached hydrogen (secondary N) is 1. The summed E-state index contributed by atoms with van der Waals surface area (Å²) >= 11 is 0. The summed E-state index contributed by atoms with van der Waals surface area (Å²) in [6.07, 6.45) is 10.0. The van der Waals surface area contributed by atoms with Crippen molar-refractivity contribution in [2.24, 2.45) is 11.6 Å². The Morgan fingerprint density at radius 3 is 2.56 bits per heavy atom. The molecule has 1 aliphatic carbocycles. The molecule has 34 heavy (non-hydrogen) atoms. The highest BCUT2D eigenvalue weighted by atomic mass is 15.4. The molecule has 2 aromatic carbocycles. The number of hydrogen-bond donors (Lipinski definition) is 3. The van der Waals surface area contributed by atoms with Gasteiger partial charge in [0.15, 0.2) is 0 Å². The number of nitrogens with two attached hydrogens (primary N) is 2. The molecule has 1 saturated carbocycles. The van der Waals surface area contributed by atoms with Crippen molar-refractivity contribution >= 4 is 17.0 Å². The maximum Gasteiger partial charge on any atom is 0.0777 e. The molecule has 0 spiro atoms. The molecule has 5 nitrogen and oxygen atoms in total. The van der Waals surface area contributed by atoms with Gasteiger partial charge in [-0.25, -0.2) is 5.84 Å². The van der Waals surface area contributed by atoms with Gasteiger partial charge in [0.05, 0.1) is 11.7 Å². The Balaban J connectivity index is 1.48. The number of hydrazine groups is 1. The van der Waals surface area contributed by atoms with Gasteiger partial charge in [0.2, 0.25) is 0 Å². The molecule has 5 heteroatoms. The van der Waals surface area contributed by atoms with Crippen LogP contribution in [0.25, 0.3) is 11.3 Å². The van der Waals surface area contributed by atoms with E-state index >= 15 is 0 Å². The van der Waals surface area contributed by atoms with Crippen LogP contribution in [0.5, 0.6) is 0 Å². The molecule has 3 aliphatic rings. The van der Waals surface area contributed by atoms with Gasteiger partial charge in [0.1, 0.15) is 0 Å². The molecule has 0 bridgehead atoms. The molecule has 0 amide bonds. The quantitative estimate of drug-likeness (QED) is 0.536. The first-order valence-electron chi connectivity index (χ1n) is 12.9. The fourth-order valence-electron chi connectivity index (χ4n) is 6.03. The van der Waals surface area contributed by atoms with Crippen molar-refractivity contribution < 1.29 is 0 Å². The Morgan fingerprint density at radius 2 is 1.85 bits per heavy atom. The fraction of sp³-hybridized carbons (Fsp3) is 0.448. The second kappa shape index (κ2) is 9.85. The first kappa shape index (κ1) is 23.0. The SMILES string of the molecule is C/C(N)=C1\c2ccc(C3=CCN(C4CCCC4)CC3)cc2C(Nc2cccc(C)c2)CCN1N. The largest absolute Gasteiger partial charge is 0.401 e. The van der Waals surface area contributed by atoms with Crippen LogP contribution in [0.1, 0.15) is 73.7 Å². The van der Waals surface area contributed by atoms with Gasteiger partial charge in [-0.2, -0.15) is 0 Å². The van der Waals surface area contributed by atoms with Gasteiger partial charge >= 0.3 is 0 Å². The predicted octanol–water partition coefficient (Wildman–Crippen LogP) is 5.41. The van der Waals surface area contributed by atoms with E-state index < -0.39 is 0 Å². The molecule has 1 fully saturated rings. The minimum Gasteiger partial charge on any atom is -0.401 e. The lowest BCUT2D eigenvalue weighted by Crippen LogP contribution is -2.36. The zero-order valence-electron chi connectivity index (χ0n) is 20.7. The van der Waals surface area contributed by atoms with Crippen LogP contribution in [-0.2, 0) is 0 Å². The number of anilines is 1. The van der Waals surface area contributed by atoms with Crippen molar-refractivity contribution in [1.82, 2.24) is 9.91 Å². The first-order chi connectivity index (χ1) is 16.5. The Hall–Kier alpha value is -2.76. The van der Waals surface area contributed by atoms with Gasteiger partial charge in [-0.15, -0.1) is 0 Å². The summed E-state index contributed by atoms with van der Waals surface area (Å²) in [7, 11) is 0.